The van der Waals surface area contributed by atoms with Crippen molar-refractivity contribution >= 4 is 33.5 Å². The monoisotopic (exact) mass is 438 g/mol. The largest absolute Gasteiger partial charge is 0.488 e. The topological polar surface area (TPSA) is 71.1 Å². The van der Waals surface area contributed by atoms with Gasteiger partial charge in [-0.25, -0.2) is 0 Å². The molecule has 0 saturated heterocycles. The van der Waals surface area contributed by atoms with Crippen LogP contribution < -0.4 is 9.47 Å². The van der Waals surface area contributed by atoms with Gasteiger partial charge in [0.05, 0.1) is 0 Å². The normalized spacial score (nSPS) is 12.9. The molecule has 0 aliphatic carbocycles. The van der Waals surface area contributed by atoms with E-state index in [1.54, 1.807) is 13.8 Å². The SMILES string of the molecule is CC(=O)OC(C)COc1c2ccc(C)cc2c(OCC(C)OC(C)=O)c2ccc(C)cc12. The Hall–Kier alpha value is -3.28. The average molecular weight is 439 g/mol. The van der Waals surface area contributed by atoms with Gasteiger partial charge in [0.2, 0.25) is 0 Å². The third-order valence-corrected chi connectivity index (χ3v) is 4.99. The lowest BCUT2D eigenvalue weighted by Crippen LogP contribution is -2.21. The Balaban J connectivity index is 2.11. The fraction of sp³-hybridized carbons (Fsp3) is 0.385. The molecule has 0 aromatic heterocycles. The van der Waals surface area contributed by atoms with E-state index >= 15 is 0 Å². The zero-order chi connectivity index (χ0) is 23.4. The van der Waals surface area contributed by atoms with E-state index in [0.29, 0.717) is 0 Å². The van der Waals surface area contributed by atoms with Gasteiger partial charge in [0.25, 0.3) is 0 Å². The van der Waals surface area contributed by atoms with Crippen LogP contribution in [0.4, 0.5) is 0 Å². The van der Waals surface area contributed by atoms with Crippen molar-refractivity contribution in [3.05, 3.63) is 47.5 Å². The summed E-state index contributed by atoms with van der Waals surface area (Å²) in [7, 11) is 0. The highest BCUT2D eigenvalue weighted by molar-refractivity contribution is 6.11. The minimum atomic E-state index is -0.381. The number of esters is 2. The highest BCUT2D eigenvalue weighted by Crippen LogP contribution is 2.43. The molecule has 0 radical (unpaired) electrons. The van der Waals surface area contributed by atoms with E-state index in [0.717, 1.165) is 44.2 Å². The van der Waals surface area contributed by atoms with Crippen molar-refractivity contribution in [2.24, 2.45) is 0 Å². The first kappa shape index (κ1) is 23.4. The average Bonchev–Trinajstić information content (AvgIpc) is 2.69. The molecule has 0 heterocycles. The molecule has 0 bridgehead atoms. The summed E-state index contributed by atoms with van der Waals surface area (Å²) >= 11 is 0. The summed E-state index contributed by atoms with van der Waals surface area (Å²) in [6, 6.07) is 12.2. The van der Waals surface area contributed by atoms with Gasteiger partial charge in [-0.1, -0.05) is 35.4 Å². The summed E-state index contributed by atoms with van der Waals surface area (Å²) in [6.07, 6.45) is -0.762. The van der Waals surface area contributed by atoms with Crippen LogP contribution in [-0.4, -0.2) is 37.4 Å². The van der Waals surface area contributed by atoms with Gasteiger partial charge in [0, 0.05) is 35.4 Å². The van der Waals surface area contributed by atoms with Gasteiger partial charge in [-0.2, -0.15) is 0 Å². The van der Waals surface area contributed by atoms with Crippen molar-refractivity contribution in [2.45, 2.75) is 53.8 Å². The molecule has 3 aromatic rings. The Kier molecular flexibility index (Phi) is 7.23. The van der Waals surface area contributed by atoms with Crippen molar-refractivity contribution in [2.75, 3.05) is 13.2 Å². The van der Waals surface area contributed by atoms with Crippen LogP contribution in [0.25, 0.3) is 21.5 Å². The molecule has 0 fully saturated rings. The number of hydrogen-bond donors (Lipinski definition) is 0. The second-order valence-corrected chi connectivity index (χ2v) is 8.22. The van der Waals surface area contributed by atoms with E-state index in [2.05, 4.69) is 12.1 Å². The molecule has 3 aromatic carbocycles. The number of carbonyl (C=O) groups is 2. The van der Waals surface area contributed by atoms with Gasteiger partial charge in [-0.15, -0.1) is 0 Å². The van der Waals surface area contributed by atoms with Crippen LogP contribution in [-0.2, 0) is 19.1 Å². The van der Waals surface area contributed by atoms with Crippen LogP contribution in [0.1, 0.15) is 38.8 Å². The van der Waals surface area contributed by atoms with E-state index in [1.165, 1.54) is 13.8 Å². The summed E-state index contributed by atoms with van der Waals surface area (Å²) in [5, 5.41) is 3.62. The molecular weight excluding hydrogens is 408 g/mol. The van der Waals surface area contributed by atoms with Crippen LogP contribution in [0.2, 0.25) is 0 Å². The first-order chi connectivity index (χ1) is 15.2. The summed E-state index contributed by atoms with van der Waals surface area (Å²) in [4.78, 5) is 22.6. The molecule has 0 aliphatic rings. The van der Waals surface area contributed by atoms with Gasteiger partial charge < -0.3 is 18.9 Å². The maximum Gasteiger partial charge on any atom is 0.303 e. The quantitative estimate of drug-likeness (QED) is 0.352. The summed E-state index contributed by atoms with van der Waals surface area (Å²) in [5.74, 6) is 0.761. The van der Waals surface area contributed by atoms with Gasteiger partial charge in [-0.3, -0.25) is 9.59 Å². The van der Waals surface area contributed by atoms with Crippen LogP contribution in [0.5, 0.6) is 11.5 Å². The summed E-state index contributed by atoms with van der Waals surface area (Å²) in [6.45, 7) is 10.9. The van der Waals surface area contributed by atoms with Crippen molar-refractivity contribution in [3.8, 4) is 11.5 Å². The zero-order valence-electron chi connectivity index (χ0n) is 19.5. The third-order valence-electron chi connectivity index (χ3n) is 4.99. The number of rotatable bonds is 8. The van der Waals surface area contributed by atoms with Gasteiger partial charge in [0.15, 0.2) is 0 Å². The molecule has 0 amide bonds. The van der Waals surface area contributed by atoms with Crippen LogP contribution in [0, 0.1) is 13.8 Å². The lowest BCUT2D eigenvalue weighted by molar-refractivity contribution is -0.147. The maximum absolute atomic E-state index is 11.3. The predicted molar refractivity (Wildman–Crippen MR) is 124 cm³/mol. The predicted octanol–water partition coefficient (Wildman–Crippen LogP) is 5.27. The van der Waals surface area contributed by atoms with Crippen LogP contribution in [0.3, 0.4) is 0 Å². The molecule has 170 valence electrons. The Morgan fingerprint density at radius 1 is 0.688 bits per heavy atom. The summed E-state index contributed by atoms with van der Waals surface area (Å²) in [5.41, 5.74) is 2.17. The number of hydrogen-bond acceptors (Lipinski definition) is 6. The number of aryl methyl sites for hydroxylation is 2. The lowest BCUT2D eigenvalue weighted by Gasteiger charge is -2.21. The minimum Gasteiger partial charge on any atom is -0.488 e. The van der Waals surface area contributed by atoms with Crippen molar-refractivity contribution < 1.29 is 28.5 Å². The molecule has 0 aliphatic heterocycles. The Labute approximate surface area is 188 Å². The summed E-state index contributed by atoms with van der Waals surface area (Å²) < 4.78 is 22.9. The molecule has 3 rings (SSSR count). The molecule has 0 saturated carbocycles. The smallest absolute Gasteiger partial charge is 0.303 e. The first-order valence-corrected chi connectivity index (χ1v) is 10.7. The van der Waals surface area contributed by atoms with E-state index in [1.807, 2.05) is 38.1 Å². The van der Waals surface area contributed by atoms with E-state index in [9.17, 15) is 9.59 Å². The highest BCUT2D eigenvalue weighted by atomic mass is 16.6. The third kappa shape index (κ3) is 5.49. The van der Waals surface area contributed by atoms with E-state index in [-0.39, 0.29) is 37.4 Å². The second kappa shape index (κ2) is 9.90. The number of carbonyl (C=O) groups excluding carboxylic acids is 2. The number of fused-ring (bicyclic) bond motifs is 2. The van der Waals surface area contributed by atoms with E-state index in [4.69, 9.17) is 18.9 Å². The Bertz CT molecular complexity index is 1060. The fourth-order valence-electron chi connectivity index (χ4n) is 3.73. The molecule has 2 unspecified atom stereocenters. The standard InChI is InChI=1S/C26H30O6/c1-15-7-9-21-23(11-15)25(29-13-17(3)31-19(5)27)22-10-8-16(2)12-24(22)26(21)30-14-18(4)32-20(6)28/h7-12,17-18H,13-14H2,1-6H3. The fourth-order valence-corrected chi connectivity index (χ4v) is 3.73. The maximum atomic E-state index is 11.3. The zero-order valence-corrected chi connectivity index (χ0v) is 19.5. The highest BCUT2D eigenvalue weighted by Gasteiger charge is 2.19. The molecule has 6 nitrogen and oxygen atoms in total. The first-order valence-electron chi connectivity index (χ1n) is 10.7. The molecule has 0 N–H and O–H groups in total. The lowest BCUT2D eigenvalue weighted by atomic mass is 9.97. The number of ether oxygens (including phenoxy) is 4. The Morgan fingerprint density at radius 2 is 1.06 bits per heavy atom. The molecule has 32 heavy (non-hydrogen) atoms. The van der Waals surface area contributed by atoms with Crippen LogP contribution in [0.15, 0.2) is 36.4 Å². The molecule has 2 atom stereocenters. The Morgan fingerprint density at radius 3 is 1.41 bits per heavy atom. The van der Waals surface area contributed by atoms with Gasteiger partial charge in [-0.05, 0) is 39.8 Å². The van der Waals surface area contributed by atoms with Crippen molar-refractivity contribution in [1.82, 2.24) is 0 Å². The molecule has 6 heteroatoms. The van der Waals surface area contributed by atoms with Gasteiger partial charge in [0.1, 0.15) is 36.9 Å². The van der Waals surface area contributed by atoms with Crippen LogP contribution >= 0.6 is 0 Å². The second-order valence-electron chi connectivity index (χ2n) is 8.22. The minimum absolute atomic E-state index is 0.231. The molecule has 0 spiro atoms. The molecular formula is C26H30O6. The number of benzene rings is 3. The van der Waals surface area contributed by atoms with Gasteiger partial charge >= 0.3 is 11.9 Å². The van der Waals surface area contributed by atoms with Crippen molar-refractivity contribution in [1.29, 1.82) is 0 Å². The van der Waals surface area contributed by atoms with Crippen molar-refractivity contribution in [3.63, 3.8) is 0 Å². The van der Waals surface area contributed by atoms with E-state index < -0.39 is 0 Å².